The van der Waals surface area contributed by atoms with Gasteiger partial charge in [0, 0.05) is 13.0 Å². The fourth-order valence-electron chi connectivity index (χ4n) is 7.33. The zero-order chi connectivity index (χ0) is 16.2. The molecule has 1 N–H and O–H groups in total. The van der Waals surface area contributed by atoms with Crippen LogP contribution in [0.4, 0.5) is 0 Å². The van der Waals surface area contributed by atoms with Crippen LogP contribution in [-0.2, 0) is 4.79 Å². The minimum absolute atomic E-state index is 0.355. The second-order valence-electron chi connectivity index (χ2n) is 9.19. The predicted molar refractivity (Wildman–Crippen MR) is 91.8 cm³/mol. The zero-order valence-corrected chi connectivity index (χ0v) is 14.8. The van der Waals surface area contributed by atoms with Gasteiger partial charge in [-0.3, -0.25) is 4.79 Å². The Labute approximate surface area is 140 Å². The van der Waals surface area contributed by atoms with Gasteiger partial charge in [-0.05, 0) is 91.9 Å². The summed E-state index contributed by atoms with van der Waals surface area (Å²) in [5, 5.41) is 9.46. The molecule has 5 unspecified atom stereocenters. The van der Waals surface area contributed by atoms with E-state index in [2.05, 4.69) is 13.8 Å². The molecule has 0 spiro atoms. The second-order valence-corrected chi connectivity index (χ2v) is 9.19. The smallest absolute Gasteiger partial charge is 0.155 e. The molecule has 2 heteroatoms. The van der Waals surface area contributed by atoms with Crippen molar-refractivity contribution in [3.8, 4) is 0 Å². The second kappa shape index (κ2) is 5.72. The lowest BCUT2D eigenvalue weighted by molar-refractivity contribution is -0.116. The molecule has 0 radical (unpaired) electrons. The average molecular weight is 316 g/mol. The van der Waals surface area contributed by atoms with E-state index in [1.54, 1.807) is 0 Å². The lowest BCUT2D eigenvalue weighted by atomic mass is 9.49. The van der Waals surface area contributed by atoms with Gasteiger partial charge in [-0.15, -0.1) is 0 Å². The van der Waals surface area contributed by atoms with Crippen molar-refractivity contribution in [2.45, 2.75) is 65.2 Å². The molecule has 4 aliphatic rings. The largest absolute Gasteiger partial charge is 0.396 e. The number of allylic oxidation sites excluding steroid dienone is 1. The maximum absolute atomic E-state index is 11.8. The van der Waals surface area contributed by atoms with Crippen LogP contribution in [0, 0.1) is 40.9 Å². The van der Waals surface area contributed by atoms with Crippen LogP contribution in [0.5, 0.6) is 0 Å². The maximum Gasteiger partial charge on any atom is 0.155 e. The van der Waals surface area contributed by atoms with Crippen molar-refractivity contribution < 1.29 is 9.90 Å². The molecule has 0 aromatic rings. The molecule has 4 aliphatic carbocycles. The summed E-state index contributed by atoms with van der Waals surface area (Å²) in [6.07, 6.45) is 11.5. The summed E-state index contributed by atoms with van der Waals surface area (Å²) in [7, 11) is 0. The molecule has 0 aromatic carbocycles. The molecule has 3 fully saturated rings. The number of carbonyl (C=O) groups excluding carboxylic acids is 1. The Morgan fingerprint density at radius 1 is 1.26 bits per heavy atom. The van der Waals surface area contributed by atoms with Gasteiger partial charge in [-0.25, -0.2) is 0 Å². The topological polar surface area (TPSA) is 37.3 Å². The highest BCUT2D eigenvalue weighted by molar-refractivity contribution is 5.91. The third-order valence-electron chi connectivity index (χ3n) is 8.31. The van der Waals surface area contributed by atoms with E-state index in [4.69, 9.17) is 0 Å². The van der Waals surface area contributed by atoms with Crippen LogP contribution in [-0.4, -0.2) is 17.5 Å². The third-order valence-corrected chi connectivity index (χ3v) is 8.31. The van der Waals surface area contributed by atoms with E-state index < -0.39 is 0 Å². The molecule has 3 saturated carbocycles. The highest BCUT2D eigenvalue weighted by Crippen LogP contribution is 2.65. The Kier molecular flexibility index (Phi) is 3.95. The Hall–Kier alpha value is -0.630. The first kappa shape index (κ1) is 15.9. The van der Waals surface area contributed by atoms with E-state index in [-0.39, 0.29) is 0 Å². The lowest BCUT2D eigenvalue weighted by Gasteiger charge is -2.56. The summed E-state index contributed by atoms with van der Waals surface area (Å²) in [6, 6.07) is 0. The Bertz CT molecular complexity index is 522. The third kappa shape index (κ3) is 2.35. The highest BCUT2D eigenvalue weighted by Gasteiger charge is 2.57. The number of hydrogen-bond acceptors (Lipinski definition) is 2. The van der Waals surface area contributed by atoms with Crippen molar-refractivity contribution in [3.05, 3.63) is 11.6 Å². The first-order chi connectivity index (χ1) is 11.0. The van der Waals surface area contributed by atoms with Gasteiger partial charge in [0.15, 0.2) is 5.78 Å². The predicted octanol–water partition coefficient (Wildman–Crippen LogP) is 4.37. The Morgan fingerprint density at radius 2 is 2.09 bits per heavy atom. The average Bonchev–Trinajstić information content (AvgIpc) is 2.84. The van der Waals surface area contributed by atoms with Gasteiger partial charge in [-0.2, -0.15) is 0 Å². The van der Waals surface area contributed by atoms with Gasteiger partial charge in [0.2, 0.25) is 0 Å². The molecular formula is C21H32O2. The van der Waals surface area contributed by atoms with Crippen LogP contribution in [0.2, 0.25) is 0 Å². The van der Waals surface area contributed by atoms with Gasteiger partial charge in [-0.1, -0.05) is 19.4 Å². The van der Waals surface area contributed by atoms with Crippen molar-refractivity contribution in [1.29, 1.82) is 0 Å². The molecule has 128 valence electrons. The summed E-state index contributed by atoms with van der Waals surface area (Å²) in [5.74, 6) is 5.06. The molecule has 23 heavy (non-hydrogen) atoms. The minimum Gasteiger partial charge on any atom is -0.396 e. The summed E-state index contributed by atoms with van der Waals surface area (Å²) >= 11 is 0. The van der Waals surface area contributed by atoms with E-state index in [9.17, 15) is 9.90 Å². The number of rotatable bonds is 2. The number of carbonyl (C=O) groups is 1. The first-order valence-corrected chi connectivity index (χ1v) is 9.88. The Balaban J connectivity index is 1.63. The molecule has 0 aliphatic heterocycles. The first-order valence-electron chi connectivity index (χ1n) is 9.88. The molecule has 0 bridgehead atoms. The SMILES string of the molecule is C[C@@H]1CC2=CC(=O)CCC2C2CCC3(C)C(CC[C@@H]3CCO)C21. The molecule has 0 amide bonds. The van der Waals surface area contributed by atoms with E-state index in [0.29, 0.717) is 23.7 Å². The maximum atomic E-state index is 11.8. The molecule has 0 heterocycles. The van der Waals surface area contributed by atoms with Crippen LogP contribution in [0.1, 0.15) is 65.2 Å². The summed E-state index contributed by atoms with van der Waals surface area (Å²) < 4.78 is 0. The number of fused-ring (bicyclic) bond motifs is 5. The fourth-order valence-corrected chi connectivity index (χ4v) is 7.33. The van der Waals surface area contributed by atoms with E-state index in [1.807, 2.05) is 6.08 Å². The van der Waals surface area contributed by atoms with Crippen molar-refractivity contribution >= 4 is 5.78 Å². The van der Waals surface area contributed by atoms with Crippen LogP contribution in [0.3, 0.4) is 0 Å². The molecule has 2 nitrogen and oxygen atoms in total. The van der Waals surface area contributed by atoms with Crippen molar-refractivity contribution in [2.24, 2.45) is 40.9 Å². The zero-order valence-electron chi connectivity index (χ0n) is 14.8. The van der Waals surface area contributed by atoms with Gasteiger partial charge >= 0.3 is 0 Å². The molecule has 0 saturated heterocycles. The molecule has 4 rings (SSSR count). The van der Waals surface area contributed by atoms with Gasteiger partial charge in [0.05, 0.1) is 0 Å². The van der Waals surface area contributed by atoms with E-state index >= 15 is 0 Å². The monoisotopic (exact) mass is 316 g/mol. The Morgan fingerprint density at radius 3 is 2.87 bits per heavy atom. The van der Waals surface area contributed by atoms with E-state index in [1.165, 1.54) is 31.3 Å². The van der Waals surface area contributed by atoms with Crippen LogP contribution < -0.4 is 0 Å². The van der Waals surface area contributed by atoms with Gasteiger partial charge in [0.1, 0.15) is 0 Å². The van der Waals surface area contributed by atoms with Crippen LogP contribution in [0.15, 0.2) is 11.6 Å². The number of ketones is 1. The number of hydrogen-bond donors (Lipinski definition) is 1. The van der Waals surface area contributed by atoms with Crippen LogP contribution in [0.25, 0.3) is 0 Å². The fraction of sp³-hybridized carbons (Fsp3) is 0.857. The van der Waals surface area contributed by atoms with Crippen molar-refractivity contribution in [3.63, 3.8) is 0 Å². The van der Waals surface area contributed by atoms with Gasteiger partial charge in [0.25, 0.3) is 0 Å². The minimum atomic E-state index is 0.355. The van der Waals surface area contributed by atoms with Gasteiger partial charge < -0.3 is 5.11 Å². The number of aliphatic hydroxyl groups excluding tert-OH is 1. The molecule has 0 aromatic heterocycles. The lowest BCUT2D eigenvalue weighted by Crippen LogP contribution is -2.49. The molecule has 7 atom stereocenters. The quantitative estimate of drug-likeness (QED) is 0.821. The highest BCUT2D eigenvalue weighted by atomic mass is 16.3. The number of aliphatic hydroxyl groups is 1. The summed E-state index contributed by atoms with van der Waals surface area (Å²) in [6.45, 7) is 5.33. The van der Waals surface area contributed by atoms with Crippen LogP contribution >= 0.6 is 0 Å². The normalized spacial score (nSPS) is 49.2. The van der Waals surface area contributed by atoms with E-state index in [0.717, 1.165) is 55.3 Å². The van der Waals surface area contributed by atoms with Crippen molar-refractivity contribution in [1.82, 2.24) is 0 Å². The van der Waals surface area contributed by atoms with Crippen molar-refractivity contribution in [2.75, 3.05) is 6.61 Å². The summed E-state index contributed by atoms with van der Waals surface area (Å²) in [4.78, 5) is 11.8. The summed E-state index contributed by atoms with van der Waals surface area (Å²) in [5.41, 5.74) is 1.95. The molecular weight excluding hydrogens is 284 g/mol. The standard InChI is InChI=1S/C21H32O2/c1-13-11-14-12-16(23)4-5-17(14)18-7-9-21(2)15(8-10-22)3-6-19(21)20(13)18/h12-13,15,17-20,22H,3-11H2,1-2H3/t13-,15-,17?,18?,19?,20?,21?/m1/s1.